The Morgan fingerprint density at radius 2 is 2.03 bits per heavy atom. The second-order valence-corrected chi connectivity index (χ2v) is 7.85. The number of rotatable bonds is 5. The van der Waals surface area contributed by atoms with Crippen molar-refractivity contribution in [1.29, 1.82) is 0 Å². The fraction of sp³-hybridized carbons (Fsp3) is 0.364. The fourth-order valence-electron chi connectivity index (χ4n) is 3.76. The lowest BCUT2D eigenvalue weighted by Gasteiger charge is -2.36. The van der Waals surface area contributed by atoms with E-state index >= 15 is 0 Å². The van der Waals surface area contributed by atoms with Gasteiger partial charge in [-0.15, -0.1) is 0 Å². The van der Waals surface area contributed by atoms with Crippen LogP contribution in [-0.4, -0.2) is 55.3 Å². The van der Waals surface area contributed by atoms with Gasteiger partial charge < -0.3 is 20.0 Å². The first-order valence-corrected chi connectivity index (χ1v) is 10.5. The van der Waals surface area contributed by atoms with Crippen LogP contribution in [0.5, 0.6) is 0 Å². The lowest BCUT2D eigenvalue weighted by Crippen LogP contribution is -2.46. The molecule has 2 aromatic carbocycles. The number of nitrogens with one attached hydrogen (secondary N) is 1. The number of amides is 1. The highest BCUT2D eigenvalue weighted by Gasteiger charge is 2.30. The van der Waals surface area contributed by atoms with Crippen LogP contribution >= 0.6 is 11.6 Å². The molecule has 0 radical (unpaired) electrons. The molecule has 1 N–H and O–H groups in total. The molecule has 1 amide bonds. The van der Waals surface area contributed by atoms with Gasteiger partial charge in [-0.1, -0.05) is 35.8 Å². The molecule has 158 valence electrons. The molecule has 0 aliphatic carbocycles. The normalized spacial score (nSPS) is 19.4. The van der Waals surface area contributed by atoms with Crippen molar-refractivity contribution < 1.29 is 14.0 Å². The van der Waals surface area contributed by atoms with Crippen LogP contribution in [0.3, 0.4) is 0 Å². The van der Waals surface area contributed by atoms with Gasteiger partial charge >= 0.3 is 0 Å². The quantitative estimate of drug-likeness (QED) is 0.784. The van der Waals surface area contributed by atoms with Crippen molar-refractivity contribution in [3.63, 3.8) is 0 Å². The van der Waals surface area contributed by atoms with E-state index in [1.807, 2.05) is 12.1 Å². The van der Waals surface area contributed by atoms with Crippen LogP contribution in [0.1, 0.15) is 18.9 Å². The summed E-state index contributed by atoms with van der Waals surface area (Å²) < 4.78 is 13.5. The van der Waals surface area contributed by atoms with E-state index in [9.17, 15) is 9.18 Å². The van der Waals surface area contributed by atoms with Crippen molar-refractivity contribution in [3.05, 3.63) is 58.9 Å². The zero-order valence-electron chi connectivity index (χ0n) is 16.8. The summed E-state index contributed by atoms with van der Waals surface area (Å²) in [5.41, 5.74) is 2.76. The Morgan fingerprint density at radius 3 is 2.77 bits per heavy atom. The van der Waals surface area contributed by atoms with Crippen molar-refractivity contribution in [2.45, 2.75) is 19.4 Å². The molecule has 2 aromatic rings. The third-order valence-corrected chi connectivity index (χ3v) is 5.73. The van der Waals surface area contributed by atoms with Crippen molar-refractivity contribution >= 4 is 34.6 Å². The molecule has 30 heavy (non-hydrogen) atoms. The Bertz CT molecular complexity index is 960. The van der Waals surface area contributed by atoms with Gasteiger partial charge in [-0.05, 0) is 36.9 Å². The molecule has 8 heteroatoms. The van der Waals surface area contributed by atoms with Crippen molar-refractivity contribution in [2.24, 2.45) is 5.16 Å². The molecule has 2 aliphatic heterocycles. The van der Waals surface area contributed by atoms with E-state index in [0.717, 1.165) is 38.4 Å². The monoisotopic (exact) mass is 430 g/mol. The van der Waals surface area contributed by atoms with Crippen LogP contribution in [0, 0.1) is 5.82 Å². The number of piperazine rings is 1. The number of oxime groups is 1. The molecule has 4 rings (SSSR count). The highest BCUT2D eigenvalue weighted by Crippen LogP contribution is 2.31. The molecule has 1 saturated heterocycles. The predicted octanol–water partition coefficient (Wildman–Crippen LogP) is 3.75. The van der Waals surface area contributed by atoms with Gasteiger partial charge in [0.2, 0.25) is 6.10 Å². The lowest BCUT2D eigenvalue weighted by atomic mass is 10.0. The summed E-state index contributed by atoms with van der Waals surface area (Å²) in [5.74, 6) is -0.657. The van der Waals surface area contributed by atoms with E-state index in [2.05, 4.69) is 27.2 Å². The van der Waals surface area contributed by atoms with Gasteiger partial charge in [-0.2, -0.15) is 0 Å². The molecular formula is C22H24ClFN4O2. The molecule has 0 aromatic heterocycles. The standard InChI is InChI=1S/C22H24ClFN4O2/c1-2-27-8-10-28(11-9-27)20-7-6-16(23)13-19(20)25-22(29)21-14-18(26-30-21)15-4-3-5-17(24)12-15/h3-7,12-13,21H,2,8-11,14H2,1H3,(H,25,29). The topological polar surface area (TPSA) is 57.2 Å². The van der Waals surface area contributed by atoms with Crippen molar-refractivity contribution in [1.82, 2.24) is 4.90 Å². The molecule has 1 atom stereocenters. The maximum Gasteiger partial charge on any atom is 0.268 e. The van der Waals surface area contributed by atoms with Crippen LogP contribution < -0.4 is 10.2 Å². The molecule has 1 unspecified atom stereocenters. The Kier molecular flexibility index (Phi) is 6.20. The Labute approximate surface area is 180 Å². The first-order chi connectivity index (χ1) is 14.5. The smallest absolute Gasteiger partial charge is 0.268 e. The molecule has 1 fully saturated rings. The van der Waals surface area contributed by atoms with Gasteiger partial charge in [0.1, 0.15) is 5.82 Å². The zero-order valence-corrected chi connectivity index (χ0v) is 17.5. The van der Waals surface area contributed by atoms with Gasteiger partial charge in [-0.3, -0.25) is 4.79 Å². The van der Waals surface area contributed by atoms with Gasteiger partial charge in [0.15, 0.2) is 0 Å². The number of halogens is 2. The molecule has 2 heterocycles. The molecular weight excluding hydrogens is 407 g/mol. The van der Waals surface area contributed by atoms with E-state index in [-0.39, 0.29) is 18.1 Å². The number of likely N-dealkylation sites (N-methyl/N-ethyl adjacent to an activating group) is 1. The third kappa shape index (κ3) is 4.57. The SMILES string of the molecule is CCN1CCN(c2ccc(Cl)cc2NC(=O)C2CC(c3cccc(F)c3)=NO2)CC1. The highest BCUT2D eigenvalue weighted by atomic mass is 35.5. The largest absolute Gasteiger partial charge is 0.382 e. The summed E-state index contributed by atoms with van der Waals surface area (Å²) in [7, 11) is 0. The van der Waals surface area contributed by atoms with Crippen LogP contribution in [0.4, 0.5) is 15.8 Å². The van der Waals surface area contributed by atoms with E-state index in [1.54, 1.807) is 18.2 Å². The summed E-state index contributed by atoms with van der Waals surface area (Å²) in [5, 5.41) is 7.48. The second kappa shape index (κ2) is 9.02. The minimum absolute atomic E-state index is 0.278. The predicted molar refractivity (Wildman–Crippen MR) is 117 cm³/mol. The summed E-state index contributed by atoms with van der Waals surface area (Å²) >= 11 is 6.20. The summed E-state index contributed by atoms with van der Waals surface area (Å²) in [6.45, 7) is 6.90. The van der Waals surface area contributed by atoms with Crippen molar-refractivity contribution in [2.75, 3.05) is 42.9 Å². The fourth-order valence-corrected chi connectivity index (χ4v) is 3.93. The molecule has 0 bridgehead atoms. The van der Waals surface area contributed by atoms with Gasteiger partial charge in [0.25, 0.3) is 5.91 Å². The summed E-state index contributed by atoms with van der Waals surface area (Å²) in [4.78, 5) is 22.8. The minimum Gasteiger partial charge on any atom is -0.382 e. The first kappa shape index (κ1) is 20.6. The van der Waals surface area contributed by atoms with Gasteiger partial charge in [0, 0.05) is 43.2 Å². The van der Waals surface area contributed by atoms with Crippen molar-refractivity contribution in [3.8, 4) is 0 Å². The van der Waals surface area contributed by atoms with Crippen LogP contribution in [0.15, 0.2) is 47.6 Å². The maximum absolute atomic E-state index is 13.5. The van der Waals surface area contributed by atoms with Gasteiger partial charge in [0.05, 0.1) is 17.1 Å². The minimum atomic E-state index is -0.771. The van der Waals surface area contributed by atoms with Crippen LogP contribution in [-0.2, 0) is 9.63 Å². The summed E-state index contributed by atoms with van der Waals surface area (Å²) in [6, 6.07) is 11.6. The Morgan fingerprint density at radius 1 is 1.23 bits per heavy atom. The lowest BCUT2D eigenvalue weighted by molar-refractivity contribution is -0.125. The average Bonchev–Trinajstić information content (AvgIpc) is 3.25. The van der Waals surface area contributed by atoms with Crippen LogP contribution in [0.2, 0.25) is 5.02 Å². The molecule has 0 saturated carbocycles. The van der Waals surface area contributed by atoms with Crippen LogP contribution in [0.25, 0.3) is 0 Å². The van der Waals surface area contributed by atoms with E-state index in [4.69, 9.17) is 16.4 Å². The molecule has 2 aliphatic rings. The number of anilines is 2. The zero-order chi connectivity index (χ0) is 21.1. The third-order valence-electron chi connectivity index (χ3n) is 5.50. The number of hydrogen-bond acceptors (Lipinski definition) is 5. The Hall–Kier alpha value is -2.64. The number of hydrogen-bond donors (Lipinski definition) is 1. The number of carbonyl (C=O) groups is 1. The van der Waals surface area contributed by atoms with E-state index in [0.29, 0.717) is 22.0 Å². The molecule has 0 spiro atoms. The average molecular weight is 431 g/mol. The van der Waals surface area contributed by atoms with E-state index < -0.39 is 6.10 Å². The Balaban J connectivity index is 1.44. The first-order valence-electron chi connectivity index (χ1n) is 10.1. The number of benzene rings is 2. The van der Waals surface area contributed by atoms with E-state index in [1.165, 1.54) is 12.1 Å². The summed E-state index contributed by atoms with van der Waals surface area (Å²) in [6.07, 6.45) is -0.493. The number of nitrogens with zero attached hydrogens (tertiary/aromatic N) is 3. The highest BCUT2D eigenvalue weighted by molar-refractivity contribution is 6.31. The second-order valence-electron chi connectivity index (χ2n) is 7.42. The maximum atomic E-state index is 13.5. The molecule has 6 nitrogen and oxygen atoms in total. The number of carbonyl (C=O) groups excluding carboxylic acids is 1. The van der Waals surface area contributed by atoms with Gasteiger partial charge in [-0.25, -0.2) is 4.39 Å².